The van der Waals surface area contributed by atoms with Crippen LogP contribution in [0.2, 0.25) is 0 Å². The van der Waals surface area contributed by atoms with E-state index in [1.807, 2.05) is 48.5 Å². The van der Waals surface area contributed by atoms with E-state index in [1.165, 1.54) is 5.56 Å². The van der Waals surface area contributed by atoms with Crippen LogP contribution in [0.4, 0.5) is 0 Å². The molecule has 0 unspecified atom stereocenters. The second-order valence-electron chi connectivity index (χ2n) is 5.83. The van der Waals surface area contributed by atoms with Crippen LogP contribution in [-0.2, 0) is 0 Å². The molecule has 2 aromatic carbocycles. The topological polar surface area (TPSA) is 47.9 Å². The number of nitrogens with zero attached hydrogens (tertiary/aromatic N) is 3. The molecule has 0 atom stereocenters. The van der Waals surface area contributed by atoms with Gasteiger partial charge >= 0.3 is 0 Å². The molecule has 0 aliphatic rings. The fourth-order valence-electron chi connectivity index (χ4n) is 2.89. The normalized spacial score (nSPS) is 11.1. The van der Waals surface area contributed by atoms with Gasteiger partial charge in [-0.1, -0.05) is 36.4 Å². The van der Waals surface area contributed by atoms with Gasteiger partial charge in [0, 0.05) is 16.5 Å². The van der Waals surface area contributed by atoms with Crippen molar-refractivity contribution in [3.8, 4) is 22.1 Å². The number of ether oxygens (including phenoxy) is 1. The van der Waals surface area contributed by atoms with Gasteiger partial charge in [0.25, 0.3) is 0 Å². The van der Waals surface area contributed by atoms with Crippen LogP contribution in [0.3, 0.4) is 0 Å². The fourth-order valence-corrected chi connectivity index (χ4v) is 3.88. The smallest absolute Gasteiger partial charge is 0.231 e. The Morgan fingerprint density at radius 3 is 2.65 bits per heavy atom. The zero-order valence-electron chi connectivity index (χ0n) is 13.7. The van der Waals surface area contributed by atoms with Gasteiger partial charge in [0.1, 0.15) is 16.9 Å². The molecule has 0 spiro atoms. The van der Waals surface area contributed by atoms with E-state index in [-0.39, 0.29) is 0 Å². The lowest BCUT2D eigenvalue weighted by Crippen LogP contribution is -1.89. The van der Waals surface area contributed by atoms with Crippen molar-refractivity contribution >= 4 is 32.5 Å². The predicted molar refractivity (Wildman–Crippen MR) is 105 cm³/mol. The maximum atomic E-state index is 6.08. The number of pyridine rings is 1. The summed E-state index contributed by atoms with van der Waals surface area (Å²) in [5, 5.41) is 1.95. The van der Waals surface area contributed by atoms with Crippen molar-refractivity contribution in [2.75, 3.05) is 0 Å². The van der Waals surface area contributed by atoms with Gasteiger partial charge in [-0.2, -0.15) is 0 Å². The molecular formula is C21H13N3OS. The molecule has 0 radical (unpaired) electrons. The van der Waals surface area contributed by atoms with Crippen LogP contribution in [-0.4, -0.2) is 15.0 Å². The molecule has 5 heteroatoms. The predicted octanol–water partition coefficient (Wildman–Crippen LogP) is 5.70. The Morgan fingerprint density at radius 2 is 1.73 bits per heavy atom. The number of benzene rings is 2. The molecule has 124 valence electrons. The first kappa shape index (κ1) is 15.0. The largest absolute Gasteiger partial charge is 0.438 e. The standard InChI is InChI=1S/C21H13N3OS/c1-2-5-14(6-3-1)19-12-17-20(23-13-24-21(17)26-19)25-16-8-9-18-15(11-16)7-4-10-22-18/h1-13H. The minimum absolute atomic E-state index is 0.566. The van der Waals surface area contributed by atoms with E-state index in [0.29, 0.717) is 5.88 Å². The summed E-state index contributed by atoms with van der Waals surface area (Å²) < 4.78 is 6.08. The Hall–Kier alpha value is -3.31. The summed E-state index contributed by atoms with van der Waals surface area (Å²) in [5.41, 5.74) is 2.10. The fraction of sp³-hybridized carbons (Fsp3) is 0. The maximum absolute atomic E-state index is 6.08. The van der Waals surface area contributed by atoms with Gasteiger partial charge in [-0.3, -0.25) is 4.98 Å². The second kappa shape index (κ2) is 6.20. The molecule has 3 heterocycles. The molecule has 0 saturated carbocycles. The Kier molecular flexibility index (Phi) is 3.57. The van der Waals surface area contributed by atoms with E-state index >= 15 is 0 Å². The number of thiophene rings is 1. The zero-order valence-corrected chi connectivity index (χ0v) is 14.5. The van der Waals surface area contributed by atoms with Gasteiger partial charge < -0.3 is 4.74 Å². The minimum atomic E-state index is 0.566. The summed E-state index contributed by atoms with van der Waals surface area (Å²) in [5.74, 6) is 1.30. The van der Waals surface area contributed by atoms with Gasteiger partial charge in [-0.25, -0.2) is 9.97 Å². The SMILES string of the molecule is c1ccc(-c2cc3c(Oc4ccc5ncccc5c4)ncnc3s2)cc1. The summed E-state index contributed by atoms with van der Waals surface area (Å²) in [6.07, 6.45) is 3.33. The molecule has 5 rings (SSSR count). The summed E-state index contributed by atoms with van der Waals surface area (Å²) in [6.45, 7) is 0. The Bertz CT molecular complexity index is 1220. The van der Waals surface area contributed by atoms with Gasteiger partial charge in [0.05, 0.1) is 10.9 Å². The molecule has 0 aliphatic heterocycles. The number of rotatable bonds is 3. The zero-order chi connectivity index (χ0) is 17.3. The maximum Gasteiger partial charge on any atom is 0.231 e. The lowest BCUT2D eigenvalue weighted by atomic mass is 10.2. The van der Waals surface area contributed by atoms with E-state index in [1.54, 1.807) is 23.9 Å². The molecular weight excluding hydrogens is 342 g/mol. The van der Waals surface area contributed by atoms with E-state index in [4.69, 9.17) is 4.74 Å². The molecule has 5 aromatic rings. The summed E-state index contributed by atoms with van der Waals surface area (Å²) >= 11 is 1.64. The molecule has 3 aromatic heterocycles. The monoisotopic (exact) mass is 355 g/mol. The summed E-state index contributed by atoms with van der Waals surface area (Å²) in [6, 6.07) is 22.1. The molecule has 4 nitrogen and oxygen atoms in total. The van der Waals surface area contributed by atoms with Crippen molar-refractivity contribution in [1.29, 1.82) is 0 Å². The van der Waals surface area contributed by atoms with Crippen molar-refractivity contribution in [2.24, 2.45) is 0 Å². The van der Waals surface area contributed by atoms with E-state index < -0.39 is 0 Å². The third-order valence-electron chi connectivity index (χ3n) is 4.14. The van der Waals surface area contributed by atoms with Crippen molar-refractivity contribution in [2.45, 2.75) is 0 Å². The number of aromatic nitrogens is 3. The van der Waals surface area contributed by atoms with Crippen LogP contribution in [0.25, 0.3) is 31.6 Å². The summed E-state index contributed by atoms with van der Waals surface area (Å²) in [4.78, 5) is 15.1. The Balaban J connectivity index is 1.56. The molecule has 0 amide bonds. The highest BCUT2D eigenvalue weighted by molar-refractivity contribution is 7.21. The molecule has 0 fully saturated rings. The second-order valence-corrected chi connectivity index (χ2v) is 6.86. The van der Waals surface area contributed by atoms with Crippen molar-refractivity contribution in [3.05, 3.63) is 79.3 Å². The van der Waals surface area contributed by atoms with Crippen LogP contribution in [0.1, 0.15) is 0 Å². The van der Waals surface area contributed by atoms with Gasteiger partial charge in [-0.05, 0) is 35.9 Å². The van der Waals surface area contributed by atoms with Crippen molar-refractivity contribution in [3.63, 3.8) is 0 Å². The highest BCUT2D eigenvalue weighted by atomic mass is 32.1. The average molecular weight is 355 g/mol. The third-order valence-corrected chi connectivity index (χ3v) is 5.23. The Labute approximate surface area is 153 Å². The first-order valence-corrected chi connectivity index (χ1v) is 9.01. The Morgan fingerprint density at radius 1 is 0.808 bits per heavy atom. The van der Waals surface area contributed by atoms with E-state index in [9.17, 15) is 0 Å². The number of hydrogen-bond acceptors (Lipinski definition) is 5. The minimum Gasteiger partial charge on any atom is -0.438 e. The van der Waals surface area contributed by atoms with Crippen LogP contribution in [0.15, 0.2) is 79.3 Å². The van der Waals surface area contributed by atoms with Crippen LogP contribution in [0, 0.1) is 0 Å². The van der Waals surface area contributed by atoms with Gasteiger partial charge in [-0.15, -0.1) is 11.3 Å². The summed E-state index contributed by atoms with van der Waals surface area (Å²) in [7, 11) is 0. The van der Waals surface area contributed by atoms with E-state index in [2.05, 4.69) is 33.2 Å². The molecule has 0 aliphatic carbocycles. The van der Waals surface area contributed by atoms with Crippen LogP contribution >= 0.6 is 11.3 Å². The number of fused-ring (bicyclic) bond motifs is 2. The molecule has 26 heavy (non-hydrogen) atoms. The average Bonchev–Trinajstić information content (AvgIpc) is 3.14. The highest BCUT2D eigenvalue weighted by Gasteiger charge is 2.12. The van der Waals surface area contributed by atoms with Crippen LogP contribution < -0.4 is 4.74 Å². The molecule has 0 saturated heterocycles. The molecule has 0 N–H and O–H groups in total. The van der Waals surface area contributed by atoms with E-state index in [0.717, 1.165) is 31.7 Å². The molecule has 0 bridgehead atoms. The highest BCUT2D eigenvalue weighted by Crippen LogP contribution is 2.37. The van der Waals surface area contributed by atoms with Gasteiger partial charge in [0.15, 0.2) is 0 Å². The van der Waals surface area contributed by atoms with Crippen molar-refractivity contribution < 1.29 is 4.74 Å². The van der Waals surface area contributed by atoms with Crippen LogP contribution in [0.5, 0.6) is 11.6 Å². The number of hydrogen-bond donors (Lipinski definition) is 0. The lowest BCUT2D eigenvalue weighted by Gasteiger charge is -2.06. The quantitative estimate of drug-likeness (QED) is 0.416. The first-order valence-electron chi connectivity index (χ1n) is 8.19. The third kappa shape index (κ3) is 2.68. The first-order chi connectivity index (χ1) is 12.9. The lowest BCUT2D eigenvalue weighted by molar-refractivity contribution is 0.469. The van der Waals surface area contributed by atoms with Gasteiger partial charge in [0.2, 0.25) is 5.88 Å². The van der Waals surface area contributed by atoms with Crippen molar-refractivity contribution in [1.82, 2.24) is 15.0 Å².